The molecular weight excluding hydrogens is 354 g/mol. The van der Waals surface area contributed by atoms with Crippen LogP contribution in [-0.4, -0.2) is 42.3 Å². The first-order chi connectivity index (χ1) is 12.7. The third-order valence-corrected chi connectivity index (χ3v) is 4.50. The Bertz CT molecular complexity index is 830. The van der Waals surface area contributed by atoms with Crippen LogP contribution in [0.4, 0.5) is 0 Å². The molecule has 0 spiro atoms. The molecule has 0 aliphatic carbocycles. The summed E-state index contributed by atoms with van der Waals surface area (Å²) in [7, 11) is 4.69. The van der Waals surface area contributed by atoms with E-state index in [9.17, 15) is 0 Å². The van der Waals surface area contributed by atoms with Crippen molar-refractivity contribution in [3.63, 3.8) is 0 Å². The number of nitrogens with zero attached hydrogens (tertiary/aromatic N) is 3. The highest BCUT2D eigenvalue weighted by Crippen LogP contribution is 2.41. The lowest BCUT2D eigenvalue weighted by Gasteiger charge is -2.12. The maximum atomic E-state index is 5.76. The van der Waals surface area contributed by atoms with Gasteiger partial charge in [0, 0.05) is 23.7 Å². The molecule has 0 unspecified atom stereocenters. The summed E-state index contributed by atoms with van der Waals surface area (Å²) in [6.45, 7) is 0. The molecule has 0 saturated carbocycles. The van der Waals surface area contributed by atoms with E-state index >= 15 is 0 Å². The minimum Gasteiger partial charge on any atom is -0.493 e. The molecule has 3 aromatic rings. The second-order valence-corrected chi connectivity index (χ2v) is 6.29. The van der Waals surface area contributed by atoms with Gasteiger partial charge in [-0.05, 0) is 36.2 Å². The highest BCUT2D eigenvalue weighted by atomic mass is 32.2. The van der Waals surface area contributed by atoms with Crippen LogP contribution < -0.4 is 14.2 Å². The molecule has 7 nitrogen and oxygen atoms in total. The van der Waals surface area contributed by atoms with Crippen LogP contribution in [0.3, 0.4) is 0 Å². The molecule has 0 amide bonds. The van der Waals surface area contributed by atoms with E-state index in [0.717, 1.165) is 12.2 Å². The van der Waals surface area contributed by atoms with Gasteiger partial charge in [0.2, 0.25) is 11.6 Å². The highest BCUT2D eigenvalue weighted by molar-refractivity contribution is 7.99. The van der Waals surface area contributed by atoms with Crippen molar-refractivity contribution >= 4 is 11.8 Å². The van der Waals surface area contributed by atoms with Gasteiger partial charge < -0.3 is 18.6 Å². The van der Waals surface area contributed by atoms with Crippen molar-refractivity contribution < 1.29 is 18.6 Å². The summed E-state index contributed by atoms with van der Waals surface area (Å²) >= 11 is 1.51. The van der Waals surface area contributed by atoms with Gasteiger partial charge in [0.15, 0.2) is 11.5 Å². The summed E-state index contributed by atoms with van der Waals surface area (Å²) in [5.41, 5.74) is 1.92. The van der Waals surface area contributed by atoms with Crippen LogP contribution in [-0.2, 0) is 6.42 Å². The zero-order valence-corrected chi connectivity index (χ0v) is 15.6. The zero-order valence-electron chi connectivity index (χ0n) is 14.8. The first-order valence-corrected chi connectivity index (χ1v) is 8.89. The van der Waals surface area contributed by atoms with Gasteiger partial charge in [-0.2, -0.15) is 0 Å². The van der Waals surface area contributed by atoms with E-state index in [-0.39, 0.29) is 0 Å². The lowest BCUT2D eigenvalue weighted by Crippen LogP contribution is -1.95. The fourth-order valence-electron chi connectivity index (χ4n) is 2.39. The molecule has 1 aromatic carbocycles. The molecule has 0 bridgehead atoms. The highest BCUT2D eigenvalue weighted by Gasteiger charge is 2.17. The molecule has 0 radical (unpaired) electrons. The number of aromatic nitrogens is 3. The number of aryl methyl sites for hydroxylation is 1. The Morgan fingerprint density at radius 2 is 1.65 bits per heavy atom. The summed E-state index contributed by atoms with van der Waals surface area (Å²) in [5, 5.41) is 8.73. The Hall–Kier alpha value is -2.74. The van der Waals surface area contributed by atoms with Crippen LogP contribution in [0.2, 0.25) is 0 Å². The van der Waals surface area contributed by atoms with Crippen LogP contribution in [0.25, 0.3) is 11.5 Å². The van der Waals surface area contributed by atoms with Crippen molar-refractivity contribution in [1.29, 1.82) is 0 Å². The van der Waals surface area contributed by atoms with E-state index in [0.29, 0.717) is 33.9 Å². The van der Waals surface area contributed by atoms with Gasteiger partial charge in [0.25, 0.3) is 5.22 Å². The molecule has 26 heavy (non-hydrogen) atoms. The fraction of sp³-hybridized carbons (Fsp3) is 0.278. The van der Waals surface area contributed by atoms with Crippen molar-refractivity contribution in [1.82, 2.24) is 15.2 Å². The van der Waals surface area contributed by atoms with E-state index in [4.69, 9.17) is 18.6 Å². The maximum absolute atomic E-state index is 5.76. The molecular formula is C18H19N3O4S. The van der Waals surface area contributed by atoms with Gasteiger partial charge in [-0.25, -0.2) is 0 Å². The number of hydrogen-bond acceptors (Lipinski definition) is 8. The topological polar surface area (TPSA) is 79.5 Å². The summed E-state index contributed by atoms with van der Waals surface area (Å²) in [5.74, 6) is 2.82. The number of methoxy groups -OCH3 is 3. The monoisotopic (exact) mass is 373 g/mol. The Kier molecular flexibility index (Phi) is 5.96. The lowest BCUT2D eigenvalue weighted by molar-refractivity contribution is 0.324. The molecule has 0 saturated heterocycles. The number of pyridine rings is 1. The standard InChI is InChI=1S/C18H19N3O4S/c1-22-14-10-13(11-15(23-2)16(14)24-3)17-20-21-18(25-17)26-9-6-12-4-7-19-8-5-12/h4-5,7-8,10-11H,6,9H2,1-3H3. The number of hydrogen-bond donors (Lipinski definition) is 0. The van der Waals surface area contributed by atoms with Crippen molar-refractivity contribution in [3.05, 3.63) is 42.2 Å². The Balaban J connectivity index is 1.73. The zero-order chi connectivity index (χ0) is 18.4. The predicted octanol–water partition coefficient (Wildman–Crippen LogP) is 3.49. The largest absolute Gasteiger partial charge is 0.493 e. The average Bonchev–Trinajstić information content (AvgIpc) is 3.16. The van der Waals surface area contributed by atoms with Crippen LogP contribution in [0.5, 0.6) is 17.2 Å². The van der Waals surface area contributed by atoms with Gasteiger partial charge in [-0.15, -0.1) is 10.2 Å². The van der Waals surface area contributed by atoms with E-state index < -0.39 is 0 Å². The predicted molar refractivity (Wildman–Crippen MR) is 98.1 cm³/mol. The molecule has 2 aromatic heterocycles. The van der Waals surface area contributed by atoms with Gasteiger partial charge in [0.05, 0.1) is 21.3 Å². The SMILES string of the molecule is COc1cc(-c2nnc(SCCc3ccncc3)o2)cc(OC)c1OC. The van der Waals surface area contributed by atoms with Gasteiger partial charge >= 0.3 is 0 Å². The van der Waals surface area contributed by atoms with Gasteiger partial charge in [0.1, 0.15) is 0 Å². The van der Waals surface area contributed by atoms with E-state index in [1.54, 1.807) is 45.9 Å². The lowest BCUT2D eigenvalue weighted by atomic mass is 10.2. The molecule has 3 rings (SSSR count). The summed E-state index contributed by atoms with van der Waals surface area (Å²) in [6, 6.07) is 7.55. The smallest absolute Gasteiger partial charge is 0.276 e. The number of benzene rings is 1. The normalized spacial score (nSPS) is 10.6. The molecule has 2 heterocycles. The van der Waals surface area contributed by atoms with Gasteiger partial charge in [-0.3, -0.25) is 4.98 Å². The molecule has 8 heteroatoms. The first kappa shape index (κ1) is 18.1. The maximum Gasteiger partial charge on any atom is 0.276 e. The quantitative estimate of drug-likeness (QED) is 0.555. The molecule has 0 aliphatic rings. The number of thioether (sulfide) groups is 1. The molecule has 136 valence electrons. The number of rotatable bonds is 8. The minimum atomic E-state index is 0.399. The third-order valence-electron chi connectivity index (χ3n) is 3.68. The summed E-state index contributed by atoms with van der Waals surface area (Å²) in [4.78, 5) is 4.01. The Morgan fingerprint density at radius 1 is 0.962 bits per heavy atom. The van der Waals surface area contributed by atoms with Crippen LogP contribution in [0.15, 0.2) is 46.3 Å². The molecule has 0 atom stereocenters. The molecule has 0 N–H and O–H groups in total. The van der Waals surface area contributed by atoms with Crippen LogP contribution >= 0.6 is 11.8 Å². The molecule has 0 aliphatic heterocycles. The van der Waals surface area contributed by atoms with Crippen molar-refractivity contribution in [2.45, 2.75) is 11.6 Å². The summed E-state index contributed by atoms with van der Waals surface area (Å²) < 4.78 is 21.8. The van der Waals surface area contributed by atoms with Crippen LogP contribution in [0, 0.1) is 0 Å². The van der Waals surface area contributed by atoms with E-state index in [1.165, 1.54) is 17.3 Å². The van der Waals surface area contributed by atoms with Crippen molar-refractivity contribution in [2.24, 2.45) is 0 Å². The fourth-order valence-corrected chi connectivity index (χ4v) is 3.14. The Labute approximate surface area is 155 Å². The minimum absolute atomic E-state index is 0.399. The summed E-state index contributed by atoms with van der Waals surface area (Å²) in [6.07, 6.45) is 4.47. The molecule has 0 fully saturated rings. The second kappa shape index (κ2) is 8.57. The first-order valence-electron chi connectivity index (χ1n) is 7.90. The van der Waals surface area contributed by atoms with Crippen molar-refractivity contribution in [3.8, 4) is 28.7 Å². The Morgan fingerprint density at radius 3 is 2.27 bits per heavy atom. The van der Waals surface area contributed by atoms with E-state index in [1.807, 2.05) is 12.1 Å². The third kappa shape index (κ3) is 4.08. The van der Waals surface area contributed by atoms with Crippen molar-refractivity contribution in [2.75, 3.05) is 27.1 Å². The second-order valence-electron chi connectivity index (χ2n) is 5.24. The number of ether oxygens (including phenoxy) is 3. The van der Waals surface area contributed by atoms with Gasteiger partial charge in [-0.1, -0.05) is 11.8 Å². The van der Waals surface area contributed by atoms with E-state index in [2.05, 4.69) is 15.2 Å². The van der Waals surface area contributed by atoms with Crippen LogP contribution in [0.1, 0.15) is 5.56 Å². The average molecular weight is 373 g/mol.